The van der Waals surface area contributed by atoms with Crippen LogP contribution in [0.5, 0.6) is 0 Å². The molecule has 1 aliphatic heterocycles. The molecular weight excluding hydrogens is 286 g/mol. The van der Waals surface area contributed by atoms with Crippen LogP contribution in [0, 0.1) is 11.3 Å². The number of benzene rings is 1. The van der Waals surface area contributed by atoms with E-state index in [1.54, 1.807) is 0 Å². The van der Waals surface area contributed by atoms with Crippen LogP contribution in [-0.4, -0.2) is 23.3 Å². The third-order valence-electron chi connectivity index (χ3n) is 5.12. The predicted octanol–water partition coefficient (Wildman–Crippen LogP) is 4.21. The molecule has 0 N–H and O–H groups in total. The summed E-state index contributed by atoms with van der Waals surface area (Å²) in [6.45, 7) is 7.01. The van der Waals surface area contributed by atoms with Gasteiger partial charge in [-0.3, -0.25) is 14.5 Å². The van der Waals surface area contributed by atoms with Crippen molar-refractivity contribution in [3.05, 3.63) is 35.9 Å². The minimum atomic E-state index is -0.109. The minimum Gasteiger partial charge on any atom is -0.282 e. The maximum atomic E-state index is 12.6. The average Bonchev–Trinajstić information content (AvgIpc) is 2.53. The number of piperidine rings is 1. The Hall–Kier alpha value is -1.64. The summed E-state index contributed by atoms with van der Waals surface area (Å²) in [7, 11) is 0. The lowest BCUT2D eigenvalue weighted by atomic mass is 9.71. The van der Waals surface area contributed by atoms with Gasteiger partial charge in [-0.1, -0.05) is 57.5 Å². The van der Waals surface area contributed by atoms with Gasteiger partial charge < -0.3 is 0 Å². The molecule has 2 rings (SSSR count). The highest BCUT2D eigenvalue weighted by atomic mass is 16.2. The van der Waals surface area contributed by atoms with Gasteiger partial charge in [0.25, 0.3) is 0 Å². The second-order valence-corrected chi connectivity index (χ2v) is 7.31. The fourth-order valence-electron chi connectivity index (χ4n) is 3.37. The van der Waals surface area contributed by atoms with Crippen LogP contribution in [0.15, 0.2) is 30.3 Å². The van der Waals surface area contributed by atoms with Crippen LogP contribution < -0.4 is 0 Å². The molecule has 0 radical (unpaired) electrons. The number of rotatable bonds is 7. The van der Waals surface area contributed by atoms with Gasteiger partial charge in [-0.25, -0.2) is 0 Å². The van der Waals surface area contributed by atoms with Crippen LogP contribution in [0.25, 0.3) is 0 Å². The van der Waals surface area contributed by atoms with E-state index in [0.29, 0.717) is 25.3 Å². The zero-order chi connectivity index (χ0) is 16.9. The maximum Gasteiger partial charge on any atom is 0.229 e. The van der Waals surface area contributed by atoms with E-state index < -0.39 is 0 Å². The van der Waals surface area contributed by atoms with E-state index in [4.69, 9.17) is 0 Å². The van der Waals surface area contributed by atoms with Gasteiger partial charge in [-0.05, 0) is 36.2 Å². The van der Waals surface area contributed by atoms with Gasteiger partial charge in [0, 0.05) is 19.4 Å². The maximum absolute atomic E-state index is 12.6. The number of hydrogen-bond acceptors (Lipinski definition) is 2. The van der Waals surface area contributed by atoms with Crippen LogP contribution in [0.1, 0.15) is 58.4 Å². The zero-order valence-electron chi connectivity index (χ0n) is 14.7. The molecule has 0 spiro atoms. The SMILES string of the molecule is CCC1(CCC(C)C)CC(=O)N(CCc2ccccc2)C(=O)C1. The van der Waals surface area contributed by atoms with Crippen molar-refractivity contribution in [3.8, 4) is 0 Å². The number of hydrogen-bond donors (Lipinski definition) is 0. The fourth-order valence-corrected chi connectivity index (χ4v) is 3.37. The molecule has 1 aromatic carbocycles. The quantitative estimate of drug-likeness (QED) is 0.707. The molecule has 0 bridgehead atoms. The highest BCUT2D eigenvalue weighted by Crippen LogP contribution is 2.41. The number of carbonyl (C=O) groups is 2. The number of amides is 2. The summed E-state index contributed by atoms with van der Waals surface area (Å²) in [5, 5.41) is 0. The minimum absolute atomic E-state index is 0.0165. The number of imide groups is 1. The first-order valence-electron chi connectivity index (χ1n) is 8.83. The van der Waals surface area contributed by atoms with Gasteiger partial charge >= 0.3 is 0 Å². The molecule has 0 saturated carbocycles. The first kappa shape index (κ1) is 17.7. The molecule has 0 atom stereocenters. The molecule has 126 valence electrons. The second-order valence-electron chi connectivity index (χ2n) is 7.31. The predicted molar refractivity (Wildman–Crippen MR) is 92.9 cm³/mol. The Bertz CT molecular complexity index is 518. The van der Waals surface area contributed by atoms with Crippen LogP contribution in [0.4, 0.5) is 0 Å². The summed E-state index contributed by atoms with van der Waals surface area (Å²) in [6, 6.07) is 10.0. The molecule has 1 aliphatic rings. The van der Waals surface area contributed by atoms with Gasteiger partial charge in [0.15, 0.2) is 0 Å². The van der Waals surface area contributed by atoms with Crippen LogP contribution >= 0.6 is 0 Å². The van der Waals surface area contributed by atoms with Crippen molar-refractivity contribution in [3.63, 3.8) is 0 Å². The van der Waals surface area contributed by atoms with Crippen molar-refractivity contribution >= 4 is 11.8 Å². The van der Waals surface area contributed by atoms with E-state index in [-0.39, 0.29) is 17.2 Å². The monoisotopic (exact) mass is 315 g/mol. The Balaban J connectivity index is 1.98. The van der Waals surface area contributed by atoms with E-state index >= 15 is 0 Å². The Labute approximate surface area is 140 Å². The van der Waals surface area contributed by atoms with E-state index in [0.717, 1.165) is 25.7 Å². The van der Waals surface area contributed by atoms with E-state index in [2.05, 4.69) is 20.8 Å². The third kappa shape index (κ3) is 4.66. The van der Waals surface area contributed by atoms with Crippen LogP contribution in [0.3, 0.4) is 0 Å². The van der Waals surface area contributed by atoms with Crippen molar-refractivity contribution in [2.24, 2.45) is 11.3 Å². The standard InChI is InChI=1S/C20H29NO2/c1-4-20(12-10-16(2)3)14-18(22)21(19(23)15-20)13-11-17-8-6-5-7-9-17/h5-9,16H,4,10-15H2,1-3H3. The molecule has 1 aromatic rings. The number of likely N-dealkylation sites (tertiary alicyclic amines) is 1. The molecule has 1 fully saturated rings. The van der Waals surface area contributed by atoms with Crippen molar-refractivity contribution < 1.29 is 9.59 Å². The third-order valence-corrected chi connectivity index (χ3v) is 5.12. The smallest absolute Gasteiger partial charge is 0.229 e. The summed E-state index contributed by atoms with van der Waals surface area (Å²) in [6.07, 6.45) is 4.75. The van der Waals surface area contributed by atoms with Crippen molar-refractivity contribution in [1.29, 1.82) is 0 Å². The summed E-state index contributed by atoms with van der Waals surface area (Å²) >= 11 is 0. The summed E-state index contributed by atoms with van der Waals surface area (Å²) in [4.78, 5) is 26.6. The lowest BCUT2D eigenvalue weighted by Crippen LogP contribution is -2.48. The molecule has 23 heavy (non-hydrogen) atoms. The van der Waals surface area contributed by atoms with Crippen molar-refractivity contribution in [2.75, 3.05) is 6.54 Å². The van der Waals surface area contributed by atoms with Crippen molar-refractivity contribution in [2.45, 2.75) is 59.3 Å². The molecule has 3 nitrogen and oxygen atoms in total. The van der Waals surface area contributed by atoms with Crippen LogP contribution in [-0.2, 0) is 16.0 Å². The van der Waals surface area contributed by atoms with Crippen molar-refractivity contribution in [1.82, 2.24) is 4.90 Å². The molecule has 2 amide bonds. The first-order valence-corrected chi connectivity index (χ1v) is 8.83. The normalized spacial score (nSPS) is 17.8. The fraction of sp³-hybridized carbons (Fsp3) is 0.600. The Morgan fingerprint density at radius 2 is 1.70 bits per heavy atom. The topological polar surface area (TPSA) is 37.4 Å². The highest BCUT2D eigenvalue weighted by Gasteiger charge is 2.41. The molecule has 3 heteroatoms. The molecule has 0 unspecified atom stereocenters. The van der Waals surface area contributed by atoms with Gasteiger partial charge in [-0.15, -0.1) is 0 Å². The molecule has 1 saturated heterocycles. The van der Waals surface area contributed by atoms with Gasteiger partial charge in [-0.2, -0.15) is 0 Å². The Kier molecular flexibility index (Phi) is 5.97. The Morgan fingerprint density at radius 3 is 2.22 bits per heavy atom. The number of carbonyl (C=O) groups excluding carboxylic acids is 2. The lowest BCUT2D eigenvalue weighted by molar-refractivity contribution is -0.154. The van der Waals surface area contributed by atoms with E-state index in [9.17, 15) is 9.59 Å². The lowest BCUT2D eigenvalue weighted by Gasteiger charge is -2.40. The Morgan fingerprint density at radius 1 is 1.09 bits per heavy atom. The van der Waals surface area contributed by atoms with E-state index in [1.165, 1.54) is 10.5 Å². The largest absolute Gasteiger partial charge is 0.282 e. The number of nitrogens with zero attached hydrogens (tertiary/aromatic N) is 1. The summed E-state index contributed by atoms with van der Waals surface area (Å²) in [5.41, 5.74) is 1.06. The molecule has 1 heterocycles. The molecule has 0 aliphatic carbocycles. The highest BCUT2D eigenvalue weighted by molar-refractivity contribution is 5.98. The van der Waals surface area contributed by atoms with Gasteiger partial charge in [0.1, 0.15) is 0 Å². The van der Waals surface area contributed by atoms with Crippen LogP contribution in [0.2, 0.25) is 0 Å². The van der Waals surface area contributed by atoms with Gasteiger partial charge in [0.05, 0.1) is 0 Å². The molecule has 0 aromatic heterocycles. The second kappa shape index (κ2) is 7.76. The van der Waals surface area contributed by atoms with Gasteiger partial charge in [0.2, 0.25) is 11.8 Å². The summed E-state index contributed by atoms with van der Waals surface area (Å²) < 4.78 is 0. The van der Waals surface area contributed by atoms with E-state index in [1.807, 2.05) is 30.3 Å². The molecular formula is C20H29NO2. The zero-order valence-corrected chi connectivity index (χ0v) is 14.7. The first-order chi connectivity index (χ1) is 11.0. The summed E-state index contributed by atoms with van der Waals surface area (Å²) in [5.74, 6) is 0.644. The average molecular weight is 315 g/mol.